The number of rotatable bonds is 4. The van der Waals surface area contributed by atoms with Crippen molar-refractivity contribution in [1.82, 2.24) is 5.32 Å². The van der Waals surface area contributed by atoms with E-state index in [-0.39, 0.29) is 11.9 Å². The van der Waals surface area contributed by atoms with Gasteiger partial charge in [-0.25, -0.2) is 4.39 Å². The highest BCUT2D eigenvalue weighted by atomic mass is 79.9. The summed E-state index contributed by atoms with van der Waals surface area (Å²) in [4.78, 5) is 0. The average molecular weight is 271 g/mol. The van der Waals surface area contributed by atoms with Gasteiger partial charge in [0.05, 0.1) is 6.07 Å². The largest absolute Gasteiger partial charge is 0.309 e. The quantitative estimate of drug-likeness (QED) is 0.854. The van der Waals surface area contributed by atoms with Crippen molar-refractivity contribution in [2.45, 2.75) is 19.4 Å². The van der Waals surface area contributed by atoms with Crippen molar-refractivity contribution in [3.63, 3.8) is 0 Å². The lowest BCUT2D eigenvalue weighted by atomic mass is 10.1. The van der Waals surface area contributed by atoms with Crippen LogP contribution in [0.5, 0.6) is 0 Å². The van der Waals surface area contributed by atoms with Crippen molar-refractivity contribution < 1.29 is 4.39 Å². The molecule has 15 heavy (non-hydrogen) atoms. The van der Waals surface area contributed by atoms with E-state index < -0.39 is 0 Å². The van der Waals surface area contributed by atoms with E-state index in [9.17, 15) is 4.39 Å². The molecule has 0 saturated heterocycles. The first-order chi connectivity index (χ1) is 7.15. The molecule has 80 valence electrons. The van der Waals surface area contributed by atoms with Gasteiger partial charge in [0.15, 0.2) is 0 Å². The lowest BCUT2D eigenvalue weighted by Gasteiger charge is -2.14. The second kappa shape index (κ2) is 5.84. The van der Waals surface area contributed by atoms with Gasteiger partial charge in [-0.2, -0.15) is 5.26 Å². The number of nitrogens with one attached hydrogen (secondary N) is 1. The van der Waals surface area contributed by atoms with E-state index in [2.05, 4.69) is 27.3 Å². The maximum absolute atomic E-state index is 12.8. The molecule has 4 heteroatoms. The molecule has 0 spiro atoms. The van der Waals surface area contributed by atoms with Crippen molar-refractivity contribution in [1.29, 1.82) is 5.26 Å². The summed E-state index contributed by atoms with van der Waals surface area (Å²) in [6.45, 7) is 2.62. The summed E-state index contributed by atoms with van der Waals surface area (Å²) in [6.07, 6.45) is 0.475. The summed E-state index contributed by atoms with van der Waals surface area (Å²) in [5.41, 5.74) is 0.995. The molecule has 1 atom stereocenters. The van der Waals surface area contributed by atoms with Crippen molar-refractivity contribution in [2.75, 3.05) is 6.54 Å². The van der Waals surface area contributed by atoms with Crippen LogP contribution in [0, 0.1) is 17.1 Å². The molecule has 0 aliphatic carbocycles. The number of hydrogen-bond acceptors (Lipinski definition) is 2. The Bertz CT molecular complexity index is 373. The fourth-order valence-electron chi connectivity index (χ4n) is 1.31. The number of benzene rings is 1. The summed E-state index contributed by atoms with van der Waals surface area (Å²) in [6, 6.07) is 6.78. The van der Waals surface area contributed by atoms with Gasteiger partial charge >= 0.3 is 0 Å². The minimum atomic E-state index is -0.255. The molecule has 0 radical (unpaired) electrons. The summed E-state index contributed by atoms with van der Waals surface area (Å²) < 4.78 is 13.6. The van der Waals surface area contributed by atoms with Crippen molar-refractivity contribution in [2.24, 2.45) is 0 Å². The Kier molecular flexibility index (Phi) is 4.73. The highest BCUT2D eigenvalue weighted by Crippen LogP contribution is 2.23. The van der Waals surface area contributed by atoms with Crippen LogP contribution in [0.15, 0.2) is 22.7 Å². The number of nitriles is 1. The minimum Gasteiger partial charge on any atom is -0.309 e. The van der Waals surface area contributed by atoms with Crippen LogP contribution in [0.25, 0.3) is 0 Å². The summed E-state index contributed by atoms with van der Waals surface area (Å²) in [5.74, 6) is -0.255. The Balaban J connectivity index is 2.66. The fourth-order valence-corrected chi connectivity index (χ4v) is 2.00. The molecule has 0 aliphatic heterocycles. The zero-order chi connectivity index (χ0) is 11.3. The van der Waals surface area contributed by atoms with Gasteiger partial charge in [-0.1, -0.05) is 22.0 Å². The van der Waals surface area contributed by atoms with Gasteiger partial charge in [-0.15, -0.1) is 0 Å². The Labute approximate surface area is 97.2 Å². The molecule has 0 fully saturated rings. The van der Waals surface area contributed by atoms with Gasteiger partial charge in [-0.3, -0.25) is 0 Å². The van der Waals surface area contributed by atoms with Gasteiger partial charge in [-0.05, 0) is 24.6 Å². The number of halogens is 2. The Morgan fingerprint density at radius 1 is 1.60 bits per heavy atom. The molecule has 1 aromatic rings. The fraction of sp³-hybridized carbons (Fsp3) is 0.364. The van der Waals surface area contributed by atoms with Crippen molar-refractivity contribution in [3.05, 3.63) is 34.1 Å². The standard InChI is InChI=1S/C11H12BrFN2/c1-8(15-6-2-5-14)10-4-3-9(13)7-11(10)12/h3-4,7-8,15H,2,6H2,1H3. The highest BCUT2D eigenvalue weighted by Gasteiger charge is 2.08. The van der Waals surface area contributed by atoms with Crippen LogP contribution in [0.4, 0.5) is 4.39 Å². The number of hydrogen-bond donors (Lipinski definition) is 1. The molecule has 1 unspecified atom stereocenters. The predicted octanol–water partition coefficient (Wildman–Crippen LogP) is 3.15. The second-order valence-electron chi connectivity index (χ2n) is 3.25. The Morgan fingerprint density at radius 2 is 2.33 bits per heavy atom. The predicted molar refractivity (Wildman–Crippen MR) is 60.7 cm³/mol. The smallest absolute Gasteiger partial charge is 0.124 e. The van der Waals surface area contributed by atoms with Gasteiger partial charge in [0.2, 0.25) is 0 Å². The van der Waals surface area contributed by atoms with Crippen LogP contribution in [-0.4, -0.2) is 6.54 Å². The van der Waals surface area contributed by atoms with Crippen LogP contribution in [0.2, 0.25) is 0 Å². The second-order valence-corrected chi connectivity index (χ2v) is 4.10. The average Bonchev–Trinajstić information content (AvgIpc) is 2.17. The van der Waals surface area contributed by atoms with Crippen LogP contribution in [0.3, 0.4) is 0 Å². The molecule has 0 saturated carbocycles. The molecular formula is C11H12BrFN2. The molecular weight excluding hydrogens is 259 g/mol. The van der Waals surface area contributed by atoms with Crippen molar-refractivity contribution in [3.8, 4) is 6.07 Å². The van der Waals surface area contributed by atoms with Gasteiger partial charge in [0.1, 0.15) is 5.82 Å². The molecule has 1 N–H and O–H groups in total. The highest BCUT2D eigenvalue weighted by molar-refractivity contribution is 9.10. The Morgan fingerprint density at radius 3 is 2.93 bits per heavy atom. The topological polar surface area (TPSA) is 35.8 Å². The first-order valence-electron chi connectivity index (χ1n) is 4.70. The Hall–Kier alpha value is -0.920. The molecule has 0 heterocycles. The first-order valence-corrected chi connectivity index (χ1v) is 5.49. The van der Waals surface area contributed by atoms with Crippen LogP contribution in [-0.2, 0) is 0 Å². The van der Waals surface area contributed by atoms with Gasteiger partial charge in [0.25, 0.3) is 0 Å². The molecule has 1 aromatic carbocycles. The third-order valence-electron chi connectivity index (χ3n) is 2.12. The lowest BCUT2D eigenvalue weighted by Crippen LogP contribution is -2.19. The molecule has 0 amide bonds. The van der Waals surface area contributed by atoms with Gasteiger partial charge in [0, 0.05) is 23.5 Å². The lowest BCUT2D eigenvalue weighted by molar-refractivity contribution is 0.576. The monoisotopic (exact) mass is 270 g/mol. The zero-order valence-corrected chi connectivity index (χ0v) is 10.0. The SMILES string of the molecule is CC(NCCC#N)c1ccc(F)cc1Br. The van der Waals surface area contributed by atoms with E-state index in [1.807, 2.05) is 6.92 Å². The van der Waals surface area contributed by atoms with E-state index in [1.54, 1.807) is 6.07 Å². The molecule has 1 rings (SSSR count). The summed E-state index contributed by atoms with van der Waals surface area (Å²) in [7, 11) is 0. The third kappa shape index (κ3) is 3.61. The van der Waals surface area contributed by atoms with Crippen LogP contribution >= 0.6 is 15.9 Å². The van der Waals surface area contributed by atoms with E-state index in [0.29, 0.717) is 13.0 Å². The van der Waals surface area contributed by atoms with E-state index in [1.165, 1.54) is 12.1 Å². The molecule has 2 nitrogen and oxygen atoms in total. The van der Waals surface area contributed by atoms with Gasteiger partial charge < -0.3 is 5.32 Å². The van der Waals surface area contributed by atoms with E-state index in [4.69, 9.17) is 5.26 Å². The summed E-state index contributed by atoms with van der Waals surface area (Å²) in [5, 5.41) is 11.6. The van der Waals surface area contributed by atoms with Crippen molar-refractivity contribution >= 4 is 15.9 Å². The third-order valence-corrected chi connectivity index (χ3v) is 2.80. The molecule has 0 bridgehead atoms. The first kappa shape index (κ1) is 12.2. The maximum Gasteiger partial charge on any atom is 0.124 e. The van der Waals surface area contributed by atoms with Crippen LogP contribution in [0.1, 0.15) is 24.9 Å². The van der Waals surface area contributed by atoms with E-state index >= 15 is 0 Å². The minimum absolute atomic E-state index is 0.105. The van der Waals surface area contributed by atoms with Crippen LogP contribution < -0.4 is 5.32 Å². The summed E-state index contributed by atoms with van der Waals surface area (Å²) >= 11 is 3.31. The normalized spacial score (nSPS) is 12.1. The molecule has 0 aromatic heterocycles. The van der Waals surface area contributed by atoms with E-state index in [0.717, 1.165) is 10.0 Å². The zero-order valence-electron chi connectivity index (χ0n) is 8.43. The maximum atomic E-state index is 12.8. The number of nitrogens with zero attached hydrogens (tertiary/aromatic N) is 1. The molecule has 0 aliphatic rings.